The molecule has 0 saturated carbocycles. The second-order valence-corrected chi connectivity index (χ2v) is 7.43. The predicted octanol–water partition coefficient (Wildman–Crippen LogP) is 2.70. The normalized spacial score (nSPS) is 14.9. The number of H-pyrrole nitrogens is 1. The van der Waals surface area contributed by atoms with Gasteiger partial charge in [-0.25, -0.2) is 19.9 Å². The third kappa shape index (κ3) is 3.49. The van der Waals surface area contributed by atoms with Crippen LogP contribution in [0.2, 0.25) is 0 Å². The van der Waals surface area contributed by atoms with E-state index in [1.165, 1.54) is 0 Å². The van der Waals surface area contributed by atoms with Crippen molar-refractivity contribution < 1.29 is 4.79 Å². The number of nitrogens with zero attached hydrogens (tertiary/aromatic N) is 6. The minimum atomic E-state index is -0.0494. The minimum Gasteiger partial charge on any atom is -0.356 e. The highest BCUT2D eigenvalue weighted by molar-refractivity contribution is 5.92. The van der Waals surface area contributed by atoms with E-state index in [0.29, 0.717) is 5.95 Å². The van der Waals surface area contributed by atoms with Crippen LogP contribution in [0.1, 0.15) is 18.7 Å². The average molecular weight is 402 g/mol. The van der Waals surface area contributed by atoms with Gasteiger partial charge in [-0.2, -0.15) is 0 Å². The number of nitrogens with one attached hydrogen (secondary N) is 2. The summed E-state index contributed by atoms with van der Waals surface area (Å²) >= 11 is 0. The molecule has 0 unspecified atom stereocenters. The molecule has 1 amide bonds. The van der Waals surface area contributed by atoms with Gasteiger partial charge in [-0.3, -0.25) is 14.7 Å². The maximum atomic E-state index is 12.7. The first-order valence-corrected chi connectivity index (χ1v) is 10.0. The Morgan fingerprint density at radius 1 is 1.13 bits per heavy atom. The largest absolute Gasteiger partial charge is 0.356 e. The number of fused-ring (bicyclic) bond motifs is 1. The second-order valence-electron chi connectivity index (χ2n) is 7.43. The molecule has 1 aliphatic rings. The molecule has 5 rings (SSSR count). The van der Waals surface area contributed by atoms with Crippen LogP contribution in [0.5, 0.6) is 0 Å². The molecule has 1 aliphatic heterocycles. The maximum Gasteiger partial charge on any atom is 0.229 e. The van der Waals surface area contributed by atoms with Crippen molar-refractivity contribution in [1.29, 1.82) is 0 Å². The Kier molecular flexibility index (Phi) is 4.62. The molecular formula is C21H22N8O. The summed E-state index contributed by atoms with van der Waals surface area (Å²) in [5.74, 6) is 2.99. The molecule has 0 spiro atoms. The van der Waals surface area contributed by atoms with Gasteiger partial charge >= 0.3 is 0 Å². The zero-order valence-corrected chi connectivity index (χ0v) is 16.6. The van der Waals surface area contributed by atoms with Crippen LogP contribution in [0, 0.1) is 12.8 Å². The predicted molar refractivity (Wildman–Crippen MR) is 114 cm³/mol. The van der Waals surface area contributed by atoms with Crippen molar-refractivity contribution >= 4 is 28.7 Å². The van der Waals surface area contributed by atoms with Gasteiger partial charge in [0.05, 0.1) is 11.0 Å². The molecule has 0 bridgehead atoms. The first kappa shape index (κ1) is 18.3. The SMILES string of the molecule is Cc1nccn1-c1cc(N2CCC(C(=O)Nc3nc4ccccc4[nH]3)CC2)ncn1. The summed E-state index contributed by atoms with van der Waals surface area (Å²) in [4.78, 5) is 35.5. The lowest BCUT2D eigenvalue weighted by molar-refractivity contribution is -0.120. The highest BCUT2D eigenvalue weighted by Crippen LogP contribution is 2.24. The van der Waals surface area contributed by atoms with Crippen LogP contribution in [-0.2, 0) is 4.79 Å². The topological polar surface area (TPSA) is 105 Å². The number of hydrogen-bond acceptors (Lipinski definition) is 6. The zero-order valence-electron chi connectivity index (χ0n) is 16.6. The molecule has 2 N–H and O–H groups in total. The van der Waals surface area contributed by atoms with Crippen molar-refractivity contribution in [2.45, 2.75) is 19.8 Å². The third-order valence-corrected chi connectivity index (χ3v) is 5.53. The summed E-state index contributed by atoms with van der Waals surface area (Å²) in [6.07, 6.45) is 6.73. The number of piperidine rings is 1. The van der Waals surface area contributed by atoms with Crippen molar-refractivity contribution in [2.24, 2.45) is 5.92 Å². The lowest BCUT2D eigenvalue weighted by Gasteiger charge is -2.32. The summed E-state index contributed by atoms with van der Waals surface area (Å²) in [7, 11) is 0. The maximum absolute atomic E-state index is 12.7. The fraction of sp³-hybridized carbons (Fsp3) is 0.286. The van der Waals surface area contributed by atoms with E-state index in [2.05, 4.69) is 35.1 Å². The van der Waals surface area contributed by atoms with Crippen molar-refractivity contribution in [2.75, 3.05) is 23.3 Å². The number of para-hydroxylation sites is 2. The van der Waals surface area contributed by atoms with E-state index >= 15 is 0 Å². The molecule has 0 atom stereocenters. The number of benzene rings is 1. The molecule has 152 valence electrons. The molecule has 0 radical (unpaired) electrons. The molecule has 30 heavy (non-hydrogen) atoms. The molecule has 0 aliphatic carbocycles. The van der Waals surface area contributed by atoms with Gasteiger partial charge in [-0.15, -0.1) is 0 Å². The quantitative estimate of drug-likeness (QED) is 0.544. The Morgan fingerprint density at radius 2 is 1.93 bits per heavy atom. The highest BCUT2D eigenvalue weighted by atomic mass is 16.2. The Balaban J connectivity index is 1.23. The summed E-state index contributed by atoms with van der Waals surface area (Å²) in [5.41, 5.74) is 1.76. The number of carbonyl (C=O) groups excluding carboxylic acids is 1. The number of aromatic nitrogens is 6. The first-order valence-electron chi connectivity index (χ1n) is 10.0. The minimum absolute atomic E-state index is 0.00567. The van der Waals surface area contributed by atoms with Crippen LogP contribution in [0.25, 0.3) is 16.9 Å². The van der Waals surface area contributed by atoms with Crippen LogP contribution in [-0.4, -0.2) is 48.5 Å². The number of carbonyl (C=O) groups is 1. The number of aryl methyl sites for hydroxylation is 1. The van der Waals surface area contributed by atoms with Crippen molar-refractivity contribution in [3.05, 3.63) is 54.9 Å². The number of anilines is 2. The number of rotatable bonds is 4. The van der Waals surface area contributed by atoms with Gasteiger partial charge in [-0.1, -0.05) is 12.1 Å². The Bertz CT molecular complexity index is 1160. The van der Waals surface area contributed by atoms with Gasteiger partial charge in [0.2, 0.25) is 11.9 Å². The van der Waals surface area contributed by atoms with Crippen LogP contribution in [0.3, 0.4) is 0 Å². The fourth-order valence-corrected chi connectivity index (χ4v) is 3.86. The van der Waals surface area contributed by atoms with Crippen LogP contribution in [0.4, 0.5) is 11.8 Å². The van der Waals surface area contributed by atoms with Gasteiger partial charge in [-0.05, 0) is 31.9 Å². The number of amides is 1. The first-order chi connectivity index (χ1) is 14.7. The van der Waals surface area contributed by atoms with Gasteiger partial charge in [0, 0.05) is 37.5 Å². The van der Waals surface area contributed by atoms with E-state index in [9.17, 15) is 4.79 Å². The summed E-state index contributed by atoms with van der Waals surface area (Å²) in [5, 5.41) is 2.93. The Morgan fingerprint density at radius 3 is 2.70 bits per heavy atom. The smallest absolute Gasteiger partial charge is 0.229 e. The van der Waals surface area contributed by atoms with Crippen molar-refractivity contribution in [3.63, 3.8) is 0 Å². The highest BCUT2D eigenvalue weighted by Gasteiger charge is 2.26. The van der Waals surface area contributed by atoms with E-state index < -0.39 is 0 Å². The molecule has 4 aromatic rings. The van der Waals surface area contributed by atoms with E-state index in [4.69, 9.17) is 0 Å². The van der Waals surface area contributed by atoms with Crippen molar-refractivity contribution in [1.82, 2.24) is 29.5 Å². The fourth-order valence-electron chi connectivity index (χ4n) is 3.86. The standard InChI is InChI=1S/C21H22N8O/c1-14-22-8-11-29(14)19-12-18(23-13-24-19)28-9-6-15(7-10-28)20(30)27-21-25-16-4-2-3-5-17(16)26-21/h2-5,8,11-13,15H,6-7,9-10H2,1H3,(H2,25,26,27,30). The van der Waals surface area contributed by atoms with E-state index in [-0.39, 0.29) is 11.8 Å². The van der Waals surface area contributed by atoms with E-state index in [0.717, 1.165) is 54.4 Å². The molecule has 3 aromatic heterocycles. The molecule has 1 saturated heterocycles. The Hall–Kier alpha value is -3.75. The Labute approximate surface area is 173 Å². The monoisotopic (exact) mass is 402 g/mol. The number of hydrogen-bond donors (Lipinski definition) is 2. The van der Waals surface area contributed by atoms with Gasteiger partial charge in [0.1, 0.15) is 23.8 Å². The summed E-state index contributed by atoms with van der Waals surface area (Å²) in [6.45, 7) is 3.46. The molecule has 1 aromatic carbocycles. The summed E-state index contributed by atoms with van der Waals surface area (Å²) < 4.78 is 1.93. The molecule has 9 nitrogen and oxygen atoms in total. The zero-order chi connectivity index (χ0) is 20.5. The second kappa shape index (κ2) is 7.58. The van der Waals surface area contributed by atoms with Crippen LogP contribution < -0.4 is 10.2 Å². The van der Waals surface area contributed by atoms with Crippen molar-refractivity contribution in [3.8, 4) is 5.82 Å². The van der Waals surface area contributed by atoms with E-state index in [1.807, 2.05) is 48.0 Å². The molecular weight excluding hydrogens is 380 g/mol. The lowest BCUT2D eigenvalue weighted by atomic mass is 9.96. The number of aromatic amines is 1. The number of imidazole rings is 2. The van der Waals surface area contributed by atoms with Gasteiger partial charge in [0.25, 0.3) is 0 Å². The average Bonchev–Trinajstić information content (AvgIpc) is 3.39. The van der Waals surface area contributed by atoms with Crippen LogP contribution in [0.15, 0.2) is 49.1 Å². The van der Waals surface area contributed by atoms with Gasteiger partial charge < -0.3 is 9.88 Å². The third-order valence-electron chi connectivity index (χ3n) is 5.53. The molecule has 9 heteroatoms. The van der Waals surface area contributed by atoms with Crippen LogP contribution >= 0.6 is 0 Å². The molecule has 4 heterocycles. The van der Waals surface area contributed by atoms with Gasteiger partial charge in [0.15, 0.2) is 0 Å². The van der Waals surface area contributed by atoms with E-state index in [1.54, 1.807) is 12.5 Å². The summed E-state index contributed by atoms with van der Waals surface area (Å²) in [6, 6.07) is 9.69. The lowest BCUT2D eigenvalue weighted by Crippen LogP contribution is -2.38. The molecule has 1 fully saturated rings.